The Morgan fingerprint density at radius 3 is 2.53 bits per heavy atom. The molecule has 19 heavy (non-hydrogen) atoms. The number of hydrogen-bond donors (Lipinski definition) is 2. The number of phenols is 1. The minimum absolute atomic E-state index is 0.0798. The Hall–Kier alpha value is -1.76. The minimum atomic E-state index is -4.66. The van der Waals surface area contributed by atoms with Crippen LogP contribution in [0.2, 0.25) is 0 Å². The molecule has 0 saturated carbocycles. The Balaban J connectivity index is 3.09. The summed E-state index contributed by atoms with van der Waals surface area (Å²) in [6.07, 6.45) is -6.43. The quantitative estimate of drug-likeness (QED) is 0.868. The predicted molar refractivity (Wildman–Crippen MR) is 59.9 cm³/mol. The molecule has 1 aromatic rings. The number of halogens is 3. The van der Waals surface area contributed by atoms with Gasteiger partial charge in [0, 0.05) is 13.0 Å². The second-order valence-corrected chi connectivity index (χ2v) is 3.83. The van der Waals surface area contributed by atoms with Crippen LogP contribution in [0.15, 0.2) is 18.2 Å². The van der Waals surface area contributed by atoms with Crippen LogP contribution in [-0.2, 0) is 22.1 Å². The van der Waals surface area contributed by atoms with E-state index < -0.39 is 36.0 Å². The first-order chi connectivity index (χ1) is 8.75. The molecular formula is C12H13F3O4. The fourth-order valence-corrected chi connectivity index (χ4v) is 1.62. The van der Waals surface area contributed by atoms with E-state index in [1.165, 1.54) is 0 Å². The van der Waals surface area contributed by atoms with Gasteiger partial charge >= 0.3 is 12.1 Å². The molecule has 2 N–H and O–H groups in total. The van der Waals surface area contributed by atoms with Gasteiger partial charge in [-0.2, -0.15) is 13.2 Å². The maximum absolute atomic E-state index is 12.8. The highest BCUT2D eigenvalue weighted by Crippen LogP contribution is 2.34. The van der Waals surface area contributed by atoms with Crippen LogP contribution >= 0.6 is 0 Å². The summed E-state index contributed by atoms with van der Waals surface area (Å²) in [6, 6.07) is 2.70. The largest absolute Gasteiger partial charge is 0.508 e. The second kappa shape index (κ2) is 5.92. The maximum atomic E-state index is 12.8. The van der Waals surface area contributed by atoms with Crippen LogP contribution < -0.4 is 0 Å². The summed E-state index contributed by atoms with van der Waals surface area (Å²) < 4.78 is 43.2. The molecule has 0 radical (unpaired) electrons. The van der Waals surface area contributed by atoms with E-state index in [1.807, 2.05) is 0 Å². The number of hydrogen-bond acceptors (Lipinski definition) is 3. The SMILES string of the molecule is CCO[C@@H](Cc1ccc(O)cc1C(F)(F)F)C(=O)O. The molecule has 0 aromatic heterocycles. The second-order valence-electron chi connectivity index (χ2n) is 3.83. The molecule has 0 aliphatic carbocycles. The molecule has 0 aliphatic heterocycles. The lowest BCUT2D eigenvalue weighted by atomic mass is 10.0. The number of rotatable bonds is 5. The van der Waals surface area contributed by atoms with Gasteiger partial charge in [-0.1, -0.05) is 6.07 Å². The van der Waals surface area contributed by atoms with E-state index in [0.29, 0.717) is 6.07 Å². The van der Waals surface area contributed by atoms with Crippen molar-refractivity contribution < 1.29 is 32.9 Å². The predicted octanol–water partition coefficient (Wildman–Crippen LogP) is 2.44. The number of alkyl halides is 3. The van der Waals surface area contributed by atoms with Crippen LogP contribution in [0.3, 0.4) is 0 Å². The minimum Gasteiger partial charge on any atom is -0.508 e. The van der Waals surface area contributed by atoms with Crippen LogP contribution in [0.5, 0.6) is 5.75 Å². The van der Waals surface area contributed by atoms with Crippen molar-refractivity contribution in [2.45, 2.75) is 25.6 Å². The fourth-order valence-electron chi connectivity index (χ4n) is 1.62. The molecule has 106 valence electrons. The Morgan fingerprint density at radius 2 is 2.05 bits per heavy atom. The van der Waals surface area contributed by atoms with Crippen molar-refractivity contribution in [2.24, 2.45) is 0 Å². The van der Waals surface area contributed by atoms with Gasteiger partial charge in [0.1, 0.15) is 5.75 Å². The molecule has 0 heterocycles. The summed E-state index contributed by atoms with van der Waals surface area (Å²) >= 11 is 0. The summed E-state index contributed by atoms with van der Waals surface area (Å²) in [6.45, 7) is 1.63. The van der Waals surface area contributed by atoms with E-state index in [1.54, 1.807) is 6.92 Å². The van der Waals surface area contributed by atoms with Crippen molar-refractivity contribution in [1.82, 2.24) is 0 Å². The van der Waals surface area contributed by atoms with Gasteiger partial charge in [-0.25, -0.2) is 4.79 Å². The Bertz CT molecular complexity index is 457. The van der Waals surface area contributed by atoms with Crippen LogP contribution in [0.25, 0.3) is 0 Å². The van der Waals surface area contributed by atoms with Crippen molar-refractivity contribution in [2.75, 3.05) is 6.61 Å². The monoisotopic (exact) mass is 278 g/mol. The lowest BCUT2D eigenvalue weighted by Gasteiger charge is -2.17. The number of carboxylic acids is 1. The number of phenolic OH excluding ortho intramolecular Hbond substituents is 1. The molecule has 4 nitrogen and oxygen atoms in total. The number of aromatic hydroxyl groups is 1. The van der Waals surface area contributed by atoms with Gasteiger partial charge in [0.15, 0.2) is 6.10 Å². The number of benzene rings is 1. The average molecular weight is 278 g/mol. The van der Waals surface area contributed by atoms with E-state index >= 15 is 0 Å². The molecule has 0 bridgehead atoms. The first-order valence-electron chi connectivity index (χ1n) is 5.49. The van der Waals surface area contributed by atoms with Gasteiger partial charge in [0.25, 0.3) is 0 Å². The molecule has 0 saturated heterocycles. The third kappa shape index (κ3) is 4.13. The molecule has 1 aromatic carbocycles. The van der Waals surface area contributed by atoms with Crippen molar-refractivity contribution in [1.29, 1.82) is 0 Å². The molecule has 1 rings (SSSR count). The van der Waals surface area contributed by atoms with Gasteiger partial charge in [-0.3, -0.25) is 0 Å². The zero-order valence-electron chi connectivity index (χ0n) is 10.1. The van der Waals surface area contributed by atoms with Crippen LogP contribution in [0.4, 0.5) is 13.2 Å². The van der Waals surface area contributed by atoms with Gasteiger partial charge in [-0.05, 0) is 24.6 Å². The Labute approximate surface area is 107 Å². The fraction of sp³-hybridized carbons (Fsp3) is 0.417. The first-order valence-corrected chi connectivity index (χ1v) is 5.49. The molecular weight excluding hydrogens is 265 g/mol. The Kier molecular flexibility index (Phi) is 4.77. The molecule has 0 fully saturated rings. The average Bonchev–Trinajstić information content (AvgIpc) is 2.29. The summed E-state index contributed by atoms with van der Waals surface area (Å²) in [5.41, 5.74) is -1.29. The van der Waals surface area contributed by atoms with Gasteiger partial charge < -0.3 is 14.9 Å². The zero-order chi connectivity index (χ0) is 14.6. The summed E-state index contributed by atoms with van der Waals surface area (Å²) in [7, 11) is 0. The van der Waals surface area contributed by atoms with Gasteiger partial charge in [0.05, 0.1) is 5.56 Å². The van der Waals surface area contributed by atoms with Gasteiger partial charge in [0.2, 0.25) is 0 Å². The number of carboxylic acid groups (broad SMARTS) is 1. The number of ether oxygens (including phenoxy) is 1. The molecule has 0 unspecified atom stereocenters. The van der Waals surface area contributed by atoms with Crippen LogP contribution in [0, 0.1) is 0 Å². The molecule has 0 spiro atoms. The lowest BCUT2D eigenvalue weighted by molar-refractivity contribution is -0.150. The Morgan fingerprint density at radius 1 is 1.42 bits per heavy atom. The van der Waals surface area contributed by atoms with E-state index in [0.717, 1.165) is 12.1 Å². The van der Waals surface area contributed by atoms with Crippen molar-refractivity contribution >= 4 is 5.97 Å². The van der Waals surface area contributed by atoms with Gasteiger partial charge in [-0.15, -0.1) is 0 Å². The summed E-state index contributed by atoms with van der Waals surface area (Å²) in [5.74, 6) is -1.86. The topological polar surface area (TPSA) is 66.8 Å². The van der Waals surface area contributed by atoms with Crippen molar-refractivity contribution in [3.63, 3.8) is 0 Å². The highest BCUT2D eigenvalue weighted by molar-refractivity contribution is 5.72. The maximum Gasteiger partial charge on any atom is 0.416 e. The normalized spacial score (nSPS) is 13.3. The zero-order valence-corrected chi connectivity index (χ0v) is 10.1. The smallest absolute Gasteiger partial charge is 0.416 e. The first kappa shape index (κ1) is 15.3. The highest BCUT2D eigenvalue weighted by Gasteiger charge is 2.35. The van der Waals surface area contributed by atoms with E-state index in [4.69, 9.17) is 14.9 Å². The van der Waals surface area contributed by atoms with Crippen LogP contribution in [0.1, 0.15) is 18.1 Å². The third-order valence-corrected chi connectivity index (χ3v) is 2.45. The van der Waals surface area contributed by atoms with Crippen LogP contribution in [-0.4, -0.2) is 28.9 Å². The number of aliphatic carboxylic acids is 1. The summed E-state index contributed by atoms with van der Waals surface area (Å²) in [4.78, 5) is 10.9. The number of carbonyl (C=O) groups is 1. The van der Waals surface area contributed by atoms with Crippen molar-refractivity contribution in [3.8, 4) is 5.75 Å². The van der Waals surface area contributed by atoms with E-state index in [9.17, 15) is 18.0 Å². The lowest BCUT2D eigenvalue weighted by Crippen LogP contribution is -2.27. The molecule has 7 heteroatoms. The van der Waals surface area contributed by atoms with Crippen molar-refractivity contribution in [3.05, 3.63) is 29.3 Å². The molecule has 0 amide bonds. The molecule has 1 atom stereocenters. The third-order valence-electron chi connectivity index (χ3n) is 2.45. The molecule has 0 aliphatic rings. The van der Waals surface area contributed by atoms with E-state index in [-0.39, 0.29) is 12.2 Å². The standard InChI is InChI=1S/C12H13F3O4/c1-2-19-10(11(17)18)5-7-3-4-8(16)6-9(7)12(13,14)15/h3-4,6,10,16H,2,5H2,1H3,(H,17,18)/t10-/m0/s1. The van der Waals surface area contributed by atoms with E-state index in [2.05, 4.69) is 0 Å². The highest BCUT2D eigenvalue weighted by atomic mass is 19.4. The summed E-state index contributed by atoms with van der Waals surface area (Å²) in [5, 5.41) is 18.0.